The number of amides is 2. The SMILES string of the molecule is Cc1cc(C)cc(N(CC(=O)N(Cc2ccc(Cl)c(Cl)c2)[C@@H](C)C(=O)NC(C)C)S(C)(=O)=O)c1. The summed E-state index contributed by atoms with van der Waals surface area (Å²) in [7, 11) is -3.78. The number of anilines is 1. The van der Waals surface area contributed by atoms with Crippen LogP contribution in [-0.4, -0.2) is 50.0 Å². The fraction of sp³-hybridized carbons (Fsp3) is 0.417. The number of hydrogen-bond acceptors (Lipinski definition) is 4. The third-order valence-corrected chi connectivity index (χ3v) is 6.99. The molecule has 0 unspecified atom stereocenters. The van der Waals surface area contributed by atoms with Gasteiger partial charge in [-0.05, 0) is 75.6 Å². The van der Waals surface area contributed by atoms with Gasteiger partial charge in [0.1, 0.15) is 12.6 Å². The zero-order chi connectivity index (χ0) is 25.8. The molecular formula is C24H31Cl2N3O4S. The highest BCUT2D eigenvalue weighted by atomic mass is 35.5. The molecule has 0 spiro atoms. The molecule has 0 saturated carbocycles. The summed E-state index contributed by atoms with van der Waals surface area (Å²) >= 11 is 12.2. The van der Waals surface area contributed by atoms with E-state index in [1.165, 1.54) is 4.90 Å². The fourth-order valence-electron chi connectivity index (χ4n) is 3.53. The smallest absolute Gasteiger partial charge is 0.244 e. The van der Waals surface area contributed by atoms with Crippen LogP contribution in [0.15, 0.2) is 36.4 Å². The van der Waals surface area contributed by atoms with E-state index in [-0.39, 0.29) is 18.5 Å². The van der Waals surface area contributed by atoms with Crippen LogP contribution < -0.4 is 9.62 Å². The van der Waals surface area contributed by atoms with Crippen LogP contribution in [0.1, 0.15) is 37.5 Å². The van der Waals surface area contributed by atoms with Gasteiger partial charge in [0, 0.05) is 12.6 Å². The summed E-state index contributed by atoms with van der Waals surface area (Å²) in [6.07, 6.45) is 1.05. The van der Waals surface area contributed by atoms with E-state index in [1.807, 2.05) is 33.8 Å². The second-order valence-corrected chi connectivity index (χ2v) is 11.4. The van der Waals surface area contributed by atoms with Gasteiger partial charge in [-0.2, -0.15) is 0 Å². The molecule has 7 nitrogen and oxygen atoms in total. The first kappa shape index (κ1) is 28.0. The molecule has 2 amide bonds. The Kier molecular flexibility index (Phi) is 9.39. The third kappa shape index (κ3) is 7.61. The van der Waals surface area contributed by atoms with Crippen LogP contribution in [0, 0.1) is 13.8 Å². The Bertz CT molecular complexity index is 1150. The van der Waals surface area contributed by atoms with Gasteiger partial charge >= 0.3 is 0 Å². The number of carbonyl (C=O) groups is 2. The quantitative estimate of drug-likeness (QED) is 0.526. The molecule has 0 aliphatic carbocycles. The van der Waals surface area contributed by atoms with E-state index in [9.17, 15) is 18.0 Å². The average Bonchev–Trinajstić information content (AvgIpc) is 2.70. The number of halogens is 2. The van der Waals surface area contributed by atoms with Crippen molar-refractivity contribution in [1.29, 1.82) is 0 Å². The Morgan fingerprint density at radius 1 is 0.971 bits per heavy atom. The second kappa shape index (κ2) is 11.4. The molecular weight excluding hydrogens is 497 g/mol. The monoisotopic (exact) mass is 527 g/mol. The molecule has 186 valence electrons. The average molecular weight is 529 g/mol. The number of rotatable bonds is 9. The maximum absolute atomic E-state index is 13.5. The second-order valence-electron chi connectivity index (χ2n) is 8.72. The molecule has 0 bridgehead atoms. The lowest BCUT2D eigenvalue weighted by Crippen LogP contribution is -2.52. The highest BCUT2D eigenvalue weighted by Crippen LogP contribution is 2.25. The van der Waals surface area contributed by atoms with Gasteiger partial charge in [-0.3, -0.25) is 13.9 Å². The van der Waals surface area contributed by atoms with E-state index in [0.717, 1.165) is 21.7 Å². The molecule has 2 rings (SSSR count). The van der Waals surface area contributed by atoms with Crippen molar-refractivity contribution >= 4 is 50.7 Å². The molecule has 1 atom stereocenters. The number of sulfonamides is 1. The first-order valence-corrected chi connectivity index (χ1v) is 13.4. The molecule has 1 N–H and O–H groups in total. The van der Waals surface area contributed by atoms with E-state index >= 15 is 0 Å². The number of benzene rings is 2. The molecule has 34 heavy (non-hydrogen) atoms. The summed E-state index contributed by atoms with van der Waals surface area (Å²) in [5, 5.41) is 3.49. The number of hydrogen-bond donors (Lipinski definition) is 1. The highest BCUT2D eigenvalue weighted by Gasteiger charge is 2.30. The zero-order valence-electron chi connectivity index (χ0n) is 20.2. The summed E-state index contributed by atoms with van der Waals surface area (Å²) in [6.45, 7) is 8.55. The molecule has 0 saturated heterocycles. The van der Waals surface area contributed by atoms with Crippen LogP contribution in [0.25, 0.3) is 0 Å². The maximum Gasteiger partial charge on any atom is 0.244 e. The zero-order valence-corrected chi connectivity index (χ0v) is 22.6. The molecule has 0 radical (unpaired) electrons. The van der Waals surface area contributed by atoms with Crippen LogP contribution in [0.4, 0.5) is 5.69 Å². The van der Waals surface area contributed by atoms with Gasteiger partial charge in [0.25, 0.3) is 0 Å². The van der Waals surface area contributed by atoms with E-state index in [4.69, 9.17) is 23.2 Å². The van der Waals surface area contributed by atoms with Crippen LogP contribution in [0.2, 0.25) is 10.0 Å². The summed E-state index contributed by atoms with van der Waals surface area (Å²) < 4.78 is 26.4. The van der Waals surface area contributed by atoms with Gasteiger partial charge in [-0.25, -0.2) is 8.42 Å². The molecule has 2 aromatic carbocycles. The first-order chi connectivity index (χ1) is 15.7. The minimum absolute atomic E-state index is 0.0485. The van der Waals surface area contributed by atoms with E-state index < -0.39 is 28.5 Å². The lowest BCUT2D eigenvalue weighted by molar-refractivity contribution is -0.139. The van der Waals surface area contributed by atoms with Crippen molar-refractivity contribution in [2.24, 2.45) is 0 Å². The summed E-state index contributed by atoms with van der Waals surface area (Å²) in [4.78, 5) is 27.6. The van der Waals surface area contributed by atoms with Gasteiger partial charge < -0.3 is 10.2 Å². The minimum Gasteiger partial charge on any atom is -0.352 e. The Hall–Kier alpha value is -2.29. The number of nitrogens with zero attached hydrogens (tertiary/aromatic N) is 2. The molecule has 0 heterocycles. The minimum atomic E-state index is -3.78. The Balaban J connectivity index is 2.44. The van der Waals surface area contributed by atoms with Crippen molar-refractivity contribution in [3.8, 4) is 0 Å². The van der Waals surface area contributed by atoms with Gasteiger partial charge in [0.15, 0.2) is 0 Å². The number of nitrogens with one attached hydrogen (secondary N) is 1. The number of carbonyl (C=O) groups excluding carboxylic acids is 2. The van der Waals surface area contributed by atoms with Gasteiger partial charge in [0.05, 0.1) is 22.0 Å². The van der Waals surface area contributed by atoms with Crippen LogP contribution in [0.3, 0.4) is 0 Å². The summed E-state index contributed by atoms with van der Waals surface area (Å²) in [5.41, 5.74) is 2.79. The summed E-state index contributed by atoms with van der Waals surface area (Å²) in [6, 6.07) is 9.29. The van der Waals surface area contributed by atoms with Gasteiger partial charge in [-0.1, -0.05) is 35.3 Å². The molecule has 0 fully saturated rings. The van der Waals surface area contributed by atoms with Crippen molar-refractivity contribution < 1.29 is 18.0 Å². The Labute approximate surface area is 212 Å². The molecule has 2 aromatic rings. The molecule has 0 aromatic heterocycles. The van der Waals surface area contributed by atoms with Crippen molar-refractivity contribution in [3.05, 3.63) is 63.1 Å². The lowest BCUT2D eigenvalue weighted by Gasteiger charge is -2.32. The fourth-order valence-corrected chi connectivity index (χ4v) is 4.68. The van der Waals surface area contributed by atoms with Crippen LogP contribution in [-0.2, 0) is 26.2 Å². The van der Waals surface area contributed by atoms with Crippen molar-refractivity contribution in [3.63, 3.8) is 0 Å². The molecule has 0 aliphatic rings. The van der Waals surface area contributed by atoms with E-state index in [1.54, 1.807) is 37.3 Å². The van der Waals surface area contributed by atoms with Crippen molar-refractivity contribution in [2.45, 2.75) is 53.2 Å². The molecule has 10 heteroatoms. The normalized spacial score (nSPS) is 12.4. The van der Waals surface area contributed by atoms with Crippen LogP contribution in [0.5, 0.6) is 0 Å². The third-order valence-electron chi connectivity index (χ3n) is 5.11. The maximum atomic E-state index is 13.5. The lowest BCUT2D eigenvalue weighted by atomic mass is 10.1. The van der Waals surface area contributed by atoms with E-state index in [2.05, 4.69) is 5.32 Å². The van der Waals surface area contributed by atoms with Crippen LogP contribution >= 0.6 is 23.2 Å². The summed E-state index contributed by atoms with van der Waals surface area (Å²) in [5.74, 6) is -0.872. The largest absolute Gasteiger partial charge is 0.352 e. The standard InChI is InChI=1S/C24H31Cl2N3O4S/c1-15(2)27-24(31)18(5)28(13-19-7-8-21(25)22(26)12-19)23(30)14-29(34(6,32)33)20-10-16(3)9-17(4)11-20/h7-12,15,18H,13-14H2,1-6H3,(H,27,31)/t18-/m0/s1. The van der Waals surface area contributed by atoms with E-state index in [0.29, 0.717) is 21.3 Å². The topological polar surface area (TPSA) is 86.8 Å². The molecule has 0 aliphatic heterocycles. The number of aryl methyl sites for hydroxylation is 2. The predicted molar refractivity (Wildman–Crippen MR) is 138 cm³/mol. The first-order valence-electron chi connectivity index (χ1n) is 10.8. The van der Waals surface area contributed by atoms with Gasteiger partial charge in [-0.15, -0.1) is 0 Å². The van der Waals surface area contributed by atoms with Gasteiger partial charge in [0.2, 0.25) is 21.8 Å². The Morgan fingerprint density at radius 3 is 2.06 bits per heavy atom. The highest BCUT2D eigenvalue weighted by molar-refractivity contribution is 7.92. The van der Waals surface area contributed by atoms with Crippen molar-refractivity contribution in [2.75, 3.05) is 17.1 Å². The van der Waals surface area contributed by atoms with Crippen molar-refractivity contribution in [1.82, 2.24) is 10.2 Å². The predicted octanol–water partition coefficient (Wildman–Crippen LogP) is 4.32. The Morgan fingerprint density at radius 2 is 1.56 bits per heavy atom.